The maximum Gasteiger partial charge on any atom is 0.114 e. The van der Waals surface area contributed by atoms with Crippen molar-refractivity contribution in [2.24, 2.45) is 0 Å². The summed E-state index contributed by atoms with van der Waals surface area (Å²) in [6.07, 6.45) is -0.206. The molecule has 2 atom stereocenters. The fourth-order valence-electron chi connectivity index (χ4n) is 15.9. The lowest BCUT2D eigenvalue weighted by atomic mass is 9.70. The summed E-state index contributed by atoms with van der Waals surface area (Å²) < 4.78 is 12.0. The lowest BCUT2D eigenvalue weighted by Crippen LogP contribution is -2.26. The van der Waals surface area contributed by atoms with Crippen LogP contribution < -0.4 is 0 Å². The van der Waals surface area contributed by atoms with Gasteiger partial charge in [-0.2, -0.15) is 0 Å². The van der Waals surface area contributed by atoms with Crippen molar-refractivity contribution in [1.82, 2.24) is 9.13 Å². The van der Waals surface area contributed by atoms with Crippen LogP contribution in [0.3, 0.4) is 0 Å². The van der Waals surface area contributed by atoms with Crippen molar-refractivity contribution in [3.63, 3.8) is 0 Å². The highest BCUT2D eigenvalue weighted by molar-refractivity contribution is 6.11. The molecule has 0 N–H and O–H groups in total. The number of ether oxygens (including phenoxy) is 1. The number of hydrogen-bond acceptors (Lipinski definition) is 1. The van der Waals surface area contributed by atoms with Crippen LogP contribution in [0, 0.1) is 0 Å². The van der Waals surface area contributed by atoms with Gasteiger partial charge in [-0.25, -0.2) is 0 Å². The summed E-state index contributed by atoms with van der Waals surface area (Å²) in [5.41, 5.74) is 29.5. The van der Waals surface area contributed by atoms with Crippen molar-refractivity contribution in [3.8, 4) is 55.9 Å². The summed E-state index contributed by atoms with van der Waals surface area (Å²) in [4.78, 5) is 0. The van der Waals surface area contributed by atoms with Crippen LogP contribution in [0.2, 0.25) is 0 Å². The van der Waals surface area contributed by atoms with Gasteiger partial charge in [-0.05, 0) is 149 Å². The Morgan fingerprint density at radius 2 is 0.506 bits per heavy atom. The van der Waals surface area contributed by atoms with Crippen LogP contribution in [0.25, 0.3) is 99.5 Å². The van der Waals surface area contributed by atoms with Gasteiger partial charge in [0.2, 0.25) is 0 Å². The Bertz CT molecular complexity index is 4710. The molecule has 1 saturated heterocycles. The minimum atomic E-state index is -0.643. The van der Waals surface area contributed by atoms with Crippen LogP contribution in [0.15, 0.2) is 267 Å². The van der Waals surface area contributed by atoms with Crippen molar-refractivity contribution in [2.75, 3.05) is 0 Å². The summed E-state index contributed by atoms with van der Waals surface area (Å²) in [5.74, 6) is 0. The molecule has 3 heterocycles. The molecule has 1 fully saturated rings. The van der Waals surface area contributed by atoms with Crippen molar-refractivity contribution < 1.29 is 4.74 Å². The highest BCUT2D eigenvalue weighted by atomic mass is 16.6. The molecule has 2 spiro atoms. The van der Waals surface area contributed by atoms with Crippen LogP contribution in [-0.4, -0.2) is 9.13 Å². The molecule has 1 aliphatic heterocycles. The predicted molar refractivity (Wildman–Crippen MR) is 321 cm³/mol. The Balaban J connectivity index is 0.819. The average Bonchev–Trinajstić information content (AvgIpc) is 3.27. The van der Waals surface area contributed by atoms with Crippen LogP contribution in [0.5, 0.6) is 0 Å². The van der Waals surface area contributed by atoms with Gasteiger partial charge in [-0.1, -0.05) is 218 Å². The fraction of sp³-hybridized carbons (Fsp3) is 0.0526. The first-order valence-electron chi connectivity index (χ1n) is 27.8. The average molecular weight is 1000 g/mol. The molecule has 0 bridgehead atoms. The Morgan fingerprint density at radius 1 is 0.241 bits per heavy atom. The van der Waals surface area contributed by atoms with E-state index < -0.39 is 10.8 Å². The summed E-state index contributed by atoms with van der Waals surface area (Å²) in [6, 6.07) is 101. The van der Waals surface area contributed by atoms with E-state index in [9.17, 15) is 0 Å². The maximum absolute atomic E-state index is 7.04. The van der Waals surface area contributed by atoms with Crippen LogP contribution in [0.4, 0.5) is 0 Å². The van der Waals surface area contributed by atoms with Gasteiger partial charge in [0.25, 0.3) is 0 Å². The van der Waals surface area contributed by atoms with E-state index in [1.54, 1.807) is 0 Å². The number of fused-ring (bicyclic) bond motifs is 26. The second kappa shape index (κ2) is 15.0. The van der Waals surface area contributed by atoms with Crippen molar-refractivity contribution in [1.29, 1.82) is 0 Å². The van der Waals surface area contributed by atoms with Gasteiger partial charge in [0.15, 0.2) is 0 Å². The Hall–Kier alpha value is -9.80. The van der Waals surface area contributed by atoms with Crippen molar-refractivity contribution >= 4 is 43.6 Å². The minimum absolute atomic E-state index is 0.0947. The molecular weight excluding hydrogens is 957 g/mol. The van der Waals surface area contributed by atoms with E-state index in [2.05, 4.69) is 276 Å². The summed E-state index contributed by atoms with van der Waals surface area (Å²) >= 11 is 0. The van der Waals surface area contributed by atoms with E-state index in [0.717, 1.165) is 11.4 Å². The smallest absolute Gasteiger partial charge is 0.114 e. The molecule has 79 heavy (non-hydrogen) atoms. The second-order valence-electron chi connectivity index (χ2n) is 22.5. The van der Waals surface area contributed by atoms with E-state index in [1.807, 2.05) is 0 Å². The molecule has 14 aromatic rings. The van der Waals surface area contributed by atoms with Crippen molar-refractivity contribution in [3.05, 3.63) is 323 Å². The van der Waals surface area contributed by atoms with Gasteiger partial charge < -0.3 is 13.9 Å². The number of aromatic nitrogens is 2. The van der Waals surface area contributed by atoms with Gasteiger partial charge in [0.05, 0.1) is 32.9 Å². The monoisotopic (exact) mass is 1000 g/mol. The van der Waals surface area contributed by atoms with E-state index in [4.69, 9.17) is 4.74 Å². The zero-order chi connectivity index (χ0) is 51.3. The lowest BCUT2D eigenvalue weighted by Gasteiger charge is -2.31. The highest BCUT2D eigenvalue weighted by Gasteiger charge is 2.55. The number of para-hydroxylation sites is 4. The molecule has 12 aromatic carbocycles. The normalized spacial score (nSPS) is 16.8. The lowest BCUT2D eigenvalue weighted by molar-refractivity contribution is 0.377. The van der Waals surface area contributed by atoms with E-state index in [0.29, 0.717) is 0 Å². The van der Waals surface area contributed by atoms with Gasteiger partial charge in [-0.15, -0.1) is 0 Å². The number of rotatable bonds is 4. The SMILES string of the molecule is c1ccc2c(c1)-c1ccccc1C21c2ccccc2-c2ccc(C3OC3c3ccc4c(c3)C3(c5ccccc5-4)c4cc(-n5c6ccccc6c6ccccc65)ccc4-c4ccc(-n5c6ccccc6c6ccccc65)cc43)cc21. The summed E-state index contributed by atoms with van der Waals surface area (Å²) in [6.45, 7) is 0. The largest absolute Gasteiger partial charge is 0.359 e. The van der Waals surface area contributed by atoms with Gasteiger partial charge >= 0.3 is 0 Å². The quantitative estimate of drug-likeness (QED) is 0.161. The number of nitrogens with zero attached hydrogens (tertiary/aromatic N) is 2. The molecule has 2 aromatic heterocycles. The molecule has 3 heteroatoms. The molecule has 0 saturated carbocycles. The third-order valence-electron chi connectivity index (χ3n) is 19.0. The van der Waals surface area contributed by atoms with Gasteiger partial charge in [0.1, 0.15) is 12.2 Å². The van der Waals surface area contributed by atoms with Crippen LogP contribution in [0.1, 0.15) is 67.8 Å². The summed E-state index contributed by atoms with van der Waals surface area (Å²) in [7, 11) is 0. The van der Waals surface area contributed by atoms with Gasteiger partial charge in [-0.3, -0.25) is 0 Å². The van der Waals surface area contributed by atoms with Crippen LogP contribution >= 0.6 is 0 Å². The Labute approximate surface area is 456 Å². The first-order valence-corrected chi connectivity index (χ1v) is 27.8. The fourth-order valence-corrected chi connectivity index (χ4v) is 15.9. The molecule has 3 nitrogen and oxygen atoms in total. The standard InChI is InChI=1S/C76H46N2O/c1-9-25-61-49(17-1)50-18-2-10-26-62(50)75(61)63-27-11-3-19-51(63)53-37-33-45(41-65(53)75)73-74(79-73)46-34-38-54-52-20-4-12-28-64(52)76(66(54)42-46)67-43-47(77-69-29-13-5-21-57(69)58-22-6-14-30-70(58)77)35-39-55(67)56-40-36-48(44-68(56)76)78-71-31-15-7-23-59(71)60-24-8-16-32-72(60)78/h1-44,73-74H. The number of epoxide rings is 1. The number of benzene rings is 12. The van der Waals surface area contributed by atoms with E-state index >= 15 is 0 Å². The zero-order valence-electron chi connectivity index (χ0n) is 42.9. The molecular formula is C76H46N2O. The zero-order valence-corrected chi connectivity index (χ0v) is 42.9. The molecule has 0 amide bonds. The first-order chi connectivity index (χ1) is 39.2. The summed E-state index contributed by atoms with van der Waals surface area (Å²) in [5, 5.41) is 5.03. The molecule has 366 valence electrons. The van der Waals surface area contributed by atoms with Crippen molar-refractivity contribution in [2.45, 2.75) is 23.0 Å². The Morgan fingerprint density at radius 3 is 0.861 bits per heavy atom. The minimum Gasteiger partial charge on any atom is -0.359 e. The third-order valence-corrected chi connectivity index (χ3v) is 19.0. The molecule has 4 aliphatic carbocycles. The molecule has 19 rings (SSSR count). The maximum atomic E-state index is 7.04. The topological polar surface area (TPSA) is 22.4 Å². The molecule has 2 unspecified atom stereocenters. The van der Waals surface area contributed by atoms with Crippen LogP contribution in [-0.2, 0) is 15.6 Å². The molecule has 5 aliphatic rings. The molecule has 0 radical (unpaired) electrons. The van der Waals surface area contributed by atoms with E-state index in [1.165, 1.54) is 144 Å². The van der Waals surface area contributed by atoms with E-state index in [-0.39, 0.29) is 12.2 Å². The highest BCUT2D eigenvalue weighted by Crippen LogP contribution is 2.66. The first kappa shape index (κ1) is 42.3. The number of hydrogen-bond donors (Lipinski definition) is 0. The Kier molecular flexibility index (Phi) is 8.05. The second-order valence-corrected chi connectivity index (χ2v) is 22.5. The van der Waals surface area contributed by atoms with Gasteiger partial charge in [0, 0.05) is 32.9 Å². The third kappa shape index (κ3) is 5.18. The predicted octanol–water partition coefficient (Wildman–Crippen LogP) is 18.4.